The van der Waals surface area contributed by atoms with Gasteiger partial charge in [-0.1, -0.05) is 0 Å². The molecule has 0 aliphatic rings. The molecule has 0 aliphatic carbocycles. The van der Waals surface area contributed by atoms with Crippen LogP contribution >= 0.6 is 0 Å². The summed E-state index contributed by atoms with van der Waals surface area (Å²) in [7, 11) is 0. The van der Waals surface area contributed by atoms with Gasteiger partial charge in [-0.3, -0.25) is 9.55 Å². The Kier molecular flexibility index (Phi) is 1.96. The largest absolute Gasteiger partial charge is 0.369 e. The van der Waals surface area contributed by atoms with E-state index in [2.05, 4.69) is 9.97 Å². The van der Waals surface area contributed by atoms with Gasteiger partial charge < -0.3 is 5.73 Å². The Balaban J connectivity index is 2.60. The maximum Gasteiger partial charge on any atom is 0.205 e. The molecule has 0 aromatic carbocycles. The van der Waals surface area contributed by atoms with E-state index in [4.69, 9.17) is 5.73 Å². The van der Waals surface area contributed by atoms with Gasteiger partial charge >= 0.3 is 0 Å². The number of aryl methyl sites for hydroxylation is 2. The highest BCUT2D eigenvalue weighted by molar-refractivity contribution is 5.43. The van der Waals surface area contributed by atoms with E-state index < -0.39 is 0 Å². The lowest BCUT2D eigenvalue weighted by Gasteiger charge is -2.06. The summed E-state index contributed by atoms with van der Waals surface area (Å²) in [4.78, 5) is 8.21. The van der Waals surface area contributed by atoms with Crippen molar-refractivity contribution in [3.8, 4) is 5.69 Å². The molecule has 2 heterocycles. The second-order valence-electron chi connectivity index (χ2n) is 3.27. The molecule has 0 saturated carbocycles. The van der Waals surface area contributed by atoms with Crippen LogP contribution in [0.15, 0.2) is 24.7 Å². The summed E-state index contributed by atoms with van der Waals surface area (Å²) in [5.41, 5.74) is 8.78. The van der Waals surface area contributed by atoms with Gasteiger partial charge in [-0.25, -0.2) is 4.98 Å². The fourth-order valence-corrected chi connectivity index (χ4v) is 1.42. The highest BCUT2D eigenvalue weighted by Gasteiger charge is 2.05. The van der Waals surface area contributed by atoms with Crippen molar-refractivity contribution in [2.45, 2.75) is 13.8 Å². The first kappa shape index (κ1) is 8.74. The third-order valence-corrected chi connectivity index (χ3v) is 2.12. The van der Waals surface area contributed by atoms with Gasteiger partial charge in [-0.05, 0) is 25.5 Å². The molecule has 0 unspecified atom stereocenters. The standard InChI is InChI=1S/C10H12N4/c1-7-3-4-12-5-9(7)14-6-8(2)13-10(14)11/h3-6H,1-2H3,(H2,11,13). The van der Waals surface area contributed by atoms with Gasteiger partial charge in [0.15, 0.2) is 0 Å². The lowest BCUT2D eigenvalue weighted by Crippen LogP contribution is -2.01. The first-order valence-electron chi connectivity index (χ1n) is 4.41. The minimum atomic E-state index is 0.499. The number of hydrogen-bond donors (Lipinski definition) is 1. The Labute approximate surface area is 82.4 Å². The van der Waals surface area contributed by atoms with Crippen molar-refractivity contribution in [3.63, 3.8) is 0 Å². The maximum absolute atomic E-state index is 5.77. The van der Waals surface area contributed by atoms with Crippen LogP contribution in [0, 0.1) is 13.8 Å². The van der Waals surface area contributed by atoms with Gasteiger partial charge in [0.2, 0.25) is 5.95 Å². The Morgan fingerprint density at radius 1 is 1.36 bits per heavy atom. The molecule has 72 valence electrons. The van der Waals surface area contributed by atoms with E-state index in [-0.39, 0.29) is 0 Å². The van der Waals surface area contributed by atoms with Gasteiger partial charge in [0, 0.05) is 12.4 Å². The van der Waals surface area contributed by atoms with Gasteiger partial charge in [0.25, 0.3) is 0 Å². The number of rotatable bonds is 1. The third-order valence-electron chi connectivity index (χ3n) is 2.12. The van der Waals surface area contributed by atoms with E-state index in [1.54, 1.807) is 12.4 Å². The number of pyridine rings is 1. The quantitative estimate of drug-likeness (QED) is 0.737. The SMILES string of the molecule is Cc1cn(-c2cnccc2C)c(N)n1. The zero-order chi connectivity index (χ0) is 10.1. The van der Waals surface area contributed by atoms with Crippen molar-refractivity contribution in [1.29, 1.82) is 0 Å². The van der Waals surface area contributed by atoms with Crippen LogP contribution in [0.2, 0.25) is 0 Å². The number of aromatic nitrogens is 3. The van der Waals surface area contributed by atoms with Crippen molar-refractivity contribution in [3.05, 3.63) is 35.9 Å². The molecule has 2 rings (SSSR count). The molecular weight excluding hydrogens is 176 g/mol. The molecule has 0 atom stereocenters. The predicted molar refractivity (Wildman–Crippen MR) is 55.2 cm³/mol. The zero-order valence-corrected chi connectivity index (χ0v) is 8.23. The maximum atomic E-state index is 5.77. The number of anilines is 1. The molecule has 0 saturated heterocycles. The van der Waals surface area contributed by atoms with Crippen molar-refractivity contribution in [2.24, 2.45) is 0 Å². The summed E-state index contributed by atoms with van der Waals surface area (Å²) >= 11 is 0. The fourth-order valence-electron chi connectivity index (χ4n) is 1.42. The van der Waals surface area contributed by atoms with Gasteiger partial charge in [0.05, 0.1) is 17.6 Å². The summed E-state index contributed by atoms with van der Waals surface area (Å²) < 4.78 is 1.84. The lowest BCUT2D eigenvalue weighted by molar-refractivity contribution is 1.03. The van der Waals surface area contributed by atoms with Crippen LogP contribution < -0.4 is 5.73 Å². The highest BCUT2D eigenvalue weighted by atomic mass is 15.1. The summed E-state index contributed by atoms with van der Waals surface area (Å²) in [6, 6.07) is 1.95. The molecule has 2 aromatic heterocycles. The highest BCUT2D eigenvalue weighted by Crippen LogP contribution is 2.16. The first-order chi connectivity index (χ1) is 6.68. The molecular formula is C10H12N4. The molecule has 0 radical (unpaired) electrons. The topological polar surface area (TPSA) is 56.7 Å². The Morgan fingerprint density at radius 3 is 2.71 bits per heavy atom. The number of imidazole rings is 1. The average Bonchev–Trinajstić information content (AvgIpc) is 2.46. The first-order valence-corrected chi connectivity index (χ1v) is 4.41. The number of hydrogen-bond acceptors (Lipinski definition) is 3. The average molecular weight is 188 g/mol. The van der Waals surface area contributed by atoms with Crippen LogP contribution in [0.1, 0.15) is 11.3 Å². The van der Waals surface area contributed by atoms with Crippen molar-refractivity contribution in [2.75, 3.05) is 5.73 Å². The smallest absolute Gasteiger partial charge is 0.205 e. The number of nitrogens with two attached hydrogens (primary N) is 1. The minimum absolute atomic E-state index is 0.499. The summed E-state index contributed by atoms with van der Waals surface area (Å²) in [5, 5.41) is 0. The van der Waals surface area contributed by atoms with E-state index in [0.717, 1.165) is 16.9 Å². The van der Waals surface area contributed by atoms with Gasteiger partial charge in [-0.15, -0.1) is 0 Å². The summed E-state index contributed by atoms with van der Waals surface area (Å²) in [6.45, 7) is 3.93. The molecule has 4 nitrogen and oxygen atoms in total. The molecule has 2 aromatic rings. The summed E-state index contributed by atoms with van der Waals surface area (Å²) in [5.74, 6) is 0.499. The van der Waals surface area contributed by atoms with Crippen LogP contribution in [0.5, 0.6) is 0 Å². The molecule has 2 N–H and O–H groups in total. The molecule has 0 bridgehead atoms. The number of nitrogen functional groups attached to an aromatic ring is 1. The van der Waals surface area contributed by atoms with Crippen LogP contribution in [0.25, 0.3) is 5.69 Å². The Hall–Kier alpha value is -1.84. The second kappa shape index (κ2) is 3.14. The molecule has 0 spiro atoms. The number of nitrogens with zero attached hydrogens (tertiary/aromatic N) is 3. The zero-order valence-electron chi connectivity index (χ0n) is 8.23. The van der Waals surface area contributed by atoms with Crippen LogP contribution in [0.3, 0.4) is 0 Å². The lowest BCUT2D eigenvalue weighted by atomic mass is 10.2. The minimum Gasteiger partial charge on any atom is -0.369 e. The van der Waals surface area contributed by atoms with E-state index in [1.165, 1.54) is 0 Å². The van der Waals surface area contributed by atoms with Crippen molar-refractivity contribution >= 4 is 5.95 Å². The Morgan fingerprint density at radius 2 is 2.14 bits per heavy atom. The van der Waals surface area contributed by atoms with E-state index >= 15 is 0 Å². The second-order valence-corrected chi connectivity index (χ2v) is 3.27. The Bertz CT molecular complexity index is 459. The molecule has 14 heavy (non-hydrogen) atoms. The van der Waals surface area contributed by atoms with Crippen LogP contribution in [0.4, 0.5) is 5.95 Å². The van der Waals surface area contributed by atoms with E-state index in [1.807, 2.05) is 30.7 Å². The molecule has 0 aliphatic heterocycles. The van der Waals surface area contributed by atoms with E-state index in [9.17, 15) is 0 Å². The van der Waals surface area contributed by atoms with Crippen LogP contribution in [-0.2, 0) is 0 Å². The monoisotopic (exact) mass is 188 g/mol. The van der Waals surface area contributed by atoms with Crippen molar-refractivity contribution < 1.29 is 0 Å². The normalized spacial score (nSPS) is 10.4. The third kappa shape index (κ3) is 1.35. The summed E-state index contributed by atoms with van der Waals surface area (Å²) in [6.07, 6.45) is 5.45. The van der Waals surface area contributed by atoms with Gasteiger partial charge in [0.1, 0.15) is 0 Å². The fraction of sp³-hybridized carbons (Fsp3) is 0.200. The molecule has 0 fully saturated rings. The van der Waals surface area contributed by atoms with Crippen LogP contribution in [-0.4, -0.2) is 14.5 Å². The molecule has 0 amide bonds. The predicted octanol–water partition coefficient (Wildman–Crippen LogP) is 1.47. The van der Waals surface area contributed by atoms with Crippen molar-refractivity contribution in [1.82, 2.24) is 14.5 Å². The van der Waals surface area contributed by atoms with E-state index in [0.29, 0.717) is 5.95 Å². The molecule has 4 heteroatoms. The van der Waals surface area contributed by atoms with Gasteiger partial charge in [-0.2, -0.15) is 0 Å².